The van der Waals surface area contributed by atoms with Crippen molar-refractivity contribution in [2.24, 2.45) is 23.7 Å². The van der Waals surface area contributed by atoms with Gasteiger partial charge in [0.1, 0.15) is 0 Å². The van der Waals surface area contributed by atoms with Gasteiger partial charge in [-0.15, -0.1) is 0 Å². The van der Waals surface area contributed by atoms with E-state index in [1.807, 2.05) is 12.2 Å². The number of fused-ring (bicyclic) bond motifs is 2. The van der Waals surface area contributed by atoms with Gasteiger partial charge in [0.2, 0.25) is 0 Å². The van der Waals surface area contributed by atoms with Crippen LogP contribution in [0.1, 0.15) is 6.42 Å². The third-order valence-corrected chi connectivity index (χ3v) is 3.28. The van der Waals surface area contributed by atoms with Gasteiger partial charge in [0.15, 0.2) is 0 Å². The van der Waals surface area contributed by atoms with Gasteiger partial charge in [-0.1, -0.05) is 12.2 Å². The topological polar surface area (TPSA) is 57.2 Å². The fourth-order valence-corrected chi connectivity index (χ4v) is 2.79. The zero-order valence-electron chi connectivity index (χ0n) is 6.80. The Hall–Kier alpha value is -0.900. The predicted molar refractivity (Wildman–Crippen MR) is 45.1 cm³/mol. The molecule has 2 aliphatic rings. The third kappa shape index (κ3) is 1.16. The highest BCUT2D eigenvalue weighted by Gasteiger charge is 2.45. The van der Waals surface area contributed by atoms with E-state index in [0.29, 0.717) is 0 Å². The normalized spacial score (nSPS) is 40.9. The molecule has 0 heterocycles. The molecule has 0 aromatic heterocycles. The zero-order chi connectivity index (χ0) is 9.59. The maximum atomic E-state index is 11.0. The standard InChI is InChI=1S/C9H10O3S/c10-8(11)6-4-1-2-5(3-4)7(6)9(12)13/h1-2,4-7H,3H2,(H,10,11)(H,12,13)/p-2/t4-,5-,6+,7-/m0/s1. The van der Waals surface area contributed by atoms with Crippen LogP contribution in [0.4, 0.5) is 0 Å². The molecule has 0 saturated heterocycles. The highest BCUT2D eigenvalue weighted by atomic mass is 32.1. The predicted octanol–water partition coefficient (Wildman–Crippen LogP) is -0.752. The summed E-state index contributed by atoms with van der Waals surface area (Å²) in [5.41, 5.74) is 0. The van der Waals surface area contributed by atoms with Crippen LogP contribution in [0.5, 0.6) is 0 Å². The second-order valence-electron chi connectivity index (χ2n) is 3.64. The van der Waals surface area contributed by atoms with Gasteiger partial charge in [-0.3, -0.25) is 0 Å². The first-order valence-corrected chi connectivity index (χ1v) is 4.62. The van der Waals surface area contributed by atoms with Crippen molar-refractivity contribution >= 4 is 23.7 Å². The summed E-state index contributed by atoms with van der Waals surface area (Å²) in [7, 11) is 0. The molecule has 0 unspecified atom stereocenters. The van der Waals surface area contributed by atoms with Crippen LogP contribution in [-0.4, -0.2) is 11.1 Å². The quantitative estimate of drug-likeness (QED) is 0.430. The molecule has 4 atom stereocenters. The molecule has 0 amide bonds. The van der Waals surface area contributed by atoms with Gasteiger partial charge in [-0.25, -0.2) is 0 Å². The van der Waals surface area contributed by atoms with Crippen molar-refractivity contribution in [3.8, 4) is 0 Å². The first-order valence-electron chi connectivity index (χ1n) is 4.21. The average molecular weight is 196 g/mol. The number of allylic oxidation sites excluding steroid dienone is 2. The molecule has 2 bridgehead atoms. The number of carboxylic acids is 1. The number of aliphatic carboxylic acids is 1. The molecule has 0 N–H and O–H groups in total. The van der Waals surface area contributed by atoms with E-state index in [4.69, 9.17) is 0 Å². The van der Waals surface area contributed by atoms with Crippen molar-refractivity contribution in [1.29, 1.82) is 0 Å². The second kappa shape index (κ2) is 2.80. The van der Waals surface area contributed by atoms with Crippen molar-refractivity contribution in [3.63, 3.8) is 0 Å². The number of rotatable bonds is 2. The largest absolute Gasteiger partial charge is 0.742 e. The Labute approximate surface area is 81.2 Å². The highest BCUT2D eigenvalue weighted by molar-refractivity contribution is 7.77. The zero-order valence-corrected chi connectivity index (χ0v) is 7.62. The van der Waals surface area contributed by atoms with E-state index in [1.165, 1.54) is 0 Å². The summed E-state index contributed by atoms with van der Waals surface area (Å²) in [4.78, 5) is 21.8. The maximum Gasteiger partial charge on any atom is 0.0457 e. The molecule has 2 aliphatic carbocycles. The minimum Gasteiger partial charge on any atom is -0.742 e. The molecular formula is C9H8O3S-2. The summed E-state index contributed by atoms with van der Waals surface area (Å²) < 4.78 is 0. The van der Waals surface area contributed by atoms with Crippen molar-refractivity contribution in [3.05, 3.63) is 12.2 Å². The highest BCUT2D eigenvalue weighted by Crippen LogP contribution is 2.47. The molecule has 1 saturated carbocycles. The Kier molecular flexibility index (Phi) is 1.87. The first kappa shape index (κ1) is 8.69. The van der Waals surface area contributed by atoms with Crippen LogP contribution in [-0.2, 0) is 22.2 Å². The Bertz CT molecular complexity index is 269. The summed E-state index contributed by atoms with van der Waals surface area (Å²) in [5.74, 6) is -2.33. The van der Waals surface area contributed by atoms with Gasteiger partial charge in [0, 0.05) is 22.9 Å². The summed E-state index contributed by atoms with van der Waals surface area (Å²) >= 11 is 4.54. The van der Waals surface area contributed by atoms with E-state index in [9.17, 15) is 14.7 Å². The van der Waals surface area contributed by atoms with E-state index in [-0.39, 0.29) is 11.8 Å². The molecule has 2 rings (SSSR count). The van der Waals surface area contributed by atoms with Crippen molar-refractivity contribution in [1.82, 2.24) is 0 Å². The van der Waals surface area contributed by atoms with Crippen LogP contribution < -0.4 is 5.11 Å². The van der Waals surface area contributed by atoms with Gasteiger partial charge < -0.3 is 27.3 Å². The molecular weight excluding hydrogens is 188 g/mol. The minimum atomic E-state index is -1.14. The molecule has 0 aromatic rings. The molecule has 0 radical (unpaired) electrons. The number of carbonyl (C=O) groups excluding carboxylic acids is 2. The van der Waals surface area contributed by atoms with Crippen molar-refractivity contribution < 1.29 is 14.7 Å². The van der Waals surface area contributed by atoms with Crippen molar-refractivity contribution in [2.45, 2.75) is 6.42 Å². The van der Waals surface area contributed by atoms with Gasteiger partial charge in [-0.05, 0) is 18.3 Å². The fraction of sp³-hybridized carbons (Fsp3) is 0.556. The maximum absolute atomic E-state index is 11.0. The SMILES string of the molecule is O=C([S-])[C@@H]1[C@H](C(=O)[O-])[C@H]2C=C[C@H]1C2. The lowest BCUT2D eigenvalue weighted by atomic mass is 9.84. The van der Waals surface area contributed by atoms with E-state index in [0.717, 1.165) is 6.42 Å². The van der Waals surface area contributed by atoms with Crippen LogP contribution in [0, 0.1) is 23.7 Å². The monoisotopic (exact) mass is 196 g/mol. The molecule has 0 spiro atoms. The van der Waals surface area contributed by atoms with E-state index >= 15 is 0 Å². The summed E-state index contributed by atoms with van der Waals surface area (Å²) in [6.45, 7) is 0. The first-order chi connectivity index (χ1) is 6.11. The second-order valence-corrected chi connectivity index (χ2v) is 4.04. The van der Waals surface area contributed by atoms with Crippen LogP contribution in [0.25, 0.3) is 0 Å². The minimum absolute atomic E-state index is 0.0353. The van der Waals surface area contributed by atoms with E-state index < -0.39 is 22.9 Å². The Morgan fingerprint density at radius 1 is 1.23 bits per heavy atom. The van der Waals surface area contributed by atoms with Crippen LogP contribution in [0.3, 0.4) is 0 Å². The Morgan fingerprint density at radius 2 is 1.77 bits per heavy atom. The average Bonchev–Trinajstić information content (AvgIpc) is 2.60. The lowest BCUT2D eigenvalue weighted by Gasteiger charge is -2.30. The molecule has 70 valence electrons. The number of hydrogen-bond acceptors (Lipinski definition) is 4. The lowest BCUT2D eigenvalue weighted by Crippen LogP contribution is -2.40. The van der Waals surface area contributed by atoms with Crippen molar-refractivity contribution in [2.75, 3.05) is 0 Å². The number of hydrogen-bond donors (Lipinski definition) is 0. The third-order valence-electron chi connectivity index (χ3n) is 3.00. The van der Waals surface area contributed by atoms with Crippen LogP contribution in [0.15, 0.2) is 12.2 Å². The van der Waals surface area contributed by atoms with Crippen LogP contribution in [0.2, 0.25) is 0 Å². The molecule has 13 heavy (non-hydrogen) atoms. The Morgan fingerprint density at radius 3 is 2.15 bits per heavy atom. The molecule has 3 nitrogen and oxygen atoms in total. The molecule has 1 fully saturated rings. The molecule has 0 aromatic carbocycles. The number of carboxylic acid groups (broad SMARTS) is 1. The van der Waals surface area contributed by atoms with Gasteiger partial charge in [0.25, 0.3) is 0 Å². The summed E-state index contributed by atoms with van der Waals surface area (Å²) in [6, 6.07) is 0. The lowest BCUT2D eigenvalue weighted by molar-refractivity contribution is -0.313. The Balaban J connectivity index is 2.30. The summed E-state index contributed by atoms with van der Waals surface area (Å²) in [5, 5.41) is 10.3. The summed E-state index contributed by atoms with van der Waals surface area (Å²) in [6.07, 6.45) is 4.50. The number of carbonyl (C=O) groups is 2. The van der Waals surface area contributed by atoms with E-state index in [2.05, 4.69) is 12.6 Å². The fourth-order valence-electron chi connectivity index (χ4n) is 2.46. The molecule has 4 heteroatoms. The van der Waals surface area contributed by atoms with Crippen LogP contribution >= 0.6 is 0 Å². The van der Waals surface area contributed by atoms with Gasteiger partial charge in [0.05, 0.1) is 0 Å². The van der Waals surface area contributed by atoms with Gasteiger partial charge in [-0.2, -0.15) is 0 Å². The smallest absolute Gasteiger partial charge is 0.0457 e. The van der Waals surface area contributed by atoms with Gasteiger partial charge >= 0.3 is 0 Å². The van der Waals surface area contributed by atoms with E-state index in [1.54, 1.807) is 0 Å². The molecule has 0 aliphatic heterocycles.